The van der Waals surface area contributed by atoms with Gasteiger partial charge >= 0.3 is 0 Å². The molecular formula is C35H24N2. The molecule has 2 heterocycles. The van der Waals surface area contributed by atoms with E-state index in [0.29, 0.717) is 0 Å². The summed E-state index contributed by atoms with van der Waals surface area (Å²) in [6.45, 7) is 0. The van der Waals surface area contributed by atoms with Gasteiger partial charge in [-0.3, -0.25) is 0 Å². The maximum Gasteiger partial charge on any atom is 0.0547 e. The number of fused-ring (bicyclic) bond motifs is 7. The van der Waals surface area contributed by atoms with Gasteiger partial charge in [0.05, 0.1) is 11.0 Å². The number of hydrogen-bond donors (Lipinski definition) is 0. The summed E-state index contributed by atoms with van der Waals surface area (Å²) in [4.78, 5) is 0. The second-order valence-electron chi connectivity index (χ2n) is 9.93. The van der Waals surface area contributed by atoms with Crippen LogP contribution < -0.4 is 0 Å². The van der Waals surface area contributed by atoms with Crippen LogP contribution in [-0.4, -0.2) is 9.13 Å². The normalized spacial score (nSPS) is 11.9. The van der Waals surface area contributed by atoms with Gasteiger partial charge in [-0.15, -0.1) is 0 Å². The molecule has 0 bridgehead atoms. The second kappa shape index (κ2) is 7.59. The molecule has 0 fully saturated rings. The van der Waals surface area contributed by atoms with Crippen molar-refractivity contribution in [2.75, 3.05) is 0 Å². The first-order chi connectivity index (χ1) is 18.3. The highest BCUT2D eigenvalue weighted by Gasteiger charge is 2.15. The average molecular weight is 473 g/mol. The molecule has 0 aliphatic heterocycles. The molecule has 2 aromatic heterocycles. The fraction of sp³-hybridized carbons (Fsp3) is 0.0286. The summed E-state index contributed by atoms with van der Waals surface area (Å²) in [5.41, 5.74) is 8.65. The highest BCUT2D eigenvalue weighted by Crippen LogP contribution is 2.38. The van der Waals surface area contributed by atoms with Gasteiger partial charge in [0.25, 0.3) is 0 Å². The third-order valence-electron chi connectivity index (χ3n) is 7.89. The maximum absolute atomic E-state index is 2.40. The van der Waals surface area contributed by atoms with E-state index < -0.39 is 0 Å². The Bertz CT molecular complexity index is 2140. The van der Waals surface area contributed by atoms with Crippen molar-refractivity contribution in [3.63, 3.8) is 0 Å². The van der Waals surface area contributed by atoms with Gasteiger partial charge in [-0.25, -0.2) is 0 Å². The lowest BCUT2D eigenvalue weighted by Gasteiger charge is -2.09. The molecule has 0 saturated heterocycles. The quantitative estimate of drug-likeness (QED) is 0.237. The maximum atomic E-state index is 2.40. The number of aryl methyl sites for hydroxylation is 1. The SMILES string of the molecule is Cn1c2ccccc2c2ccc(-c3ccc4c(c3)c3cc5ccccc5cc3n4-c3ccccc3)cc21. The van der Waals surface area contributed by atoms with Crippen molar-refractivity contribution in [1.29, 1.82) is 0 Å². The average Bonchev–Trinajstić information content (AvgIpc) is 3.43. The molecule has 2 heteroatoms. The van der Waals surface area contributed by atoms with Gasteiger partial charge < -0.3 is 9.13 Å². The van der Waals surface area contributed by atoms with E-state index >= 15 is 0 Å². The molecule has 6 aromatic carbocycles. The van der Waals surface area contributed by atoms with Gasteiger partial charge in [0.15, 0.2) is 0 Å². The molecule has 0 spiro atoms. The third-order valence-corrected chi connectivity index (χ3v) is 7.89. The van der Waals surface area contributed by atoms with Gasteiger partial charge in [0.2, 0.25) is 0 Å². The van der Waals surface area contributed by atoms with E-state index in [1.807, 2.05) is 0 Å². The summed E-state index contributed by atoms with van der Waals surface area (Å²) in [6.07, 6.45) is 0. The first-order valence-corrected chi connectivity index (χ1v) is 12.8. The zero-order valence-corrected chi connectivity index (χ0v) is 20.5. The van der Waals surface area contributed by atoms with Crippen LogP contribution in [0.3, 0.4) is 0 Å². The molecule has 0 amide bonds. The Balaban J connectivity index is 1.42. The first kappa shape index (κ1) is 20.4. The molecular weight excluding hydrogens is 448 g/mol. The Morgan fingerprint density at radius 2 is 1.05 bits per heavy atom. The number of para-hydroxylation sites is 2. The zero-order chi connectivity index (χ0) is 24.5. The van der Waals surface area contributed by atoms with Crippen LogP contribution in [0.25, 0.3) is 71.2 Å². The highest BCUT2D eigenvalue weighted by atomic mass is 15.0. The van der Waals surface area contributed by atoms with Crippen molar-refractivity contribution in [2.24, 2.45) is 7.05 Å². The van der Waals surface area contributed by atoms with E-state index in [-0.39, 0.29) is 0 Å². The van der Waals surface area contributed by atoms with Crippen LogP contribution in [0.5, 0.6) is 0 Å². The third kappa shape index (κ3) is 2.93. The molecule has 0 aliphatic carbocycles. The van der Waals surface area contributed by atoms with Crippen molar-refractivity contribution in [1.82, 2.24) is 9.13 Å². The molecule has 8 aromatic rings. The van der Waals surface area contributed by atoms with Crippen LogP contribution >= 0.6 is 0 Å². The Hall–Kier alpha value is -4.82. The predicted octanol–water partition coefficient (Wildman–Crippen LogP) is 9.25. The summed E-state index contributed by atoms with van der Waals surface area (Å²) in [6, 6.07) is 46.5. The minimum absolute atomic E-state index is 1.18. The van der Waals surface area contributed by atoms with Gasteiger partial charge in [0.1, 0.15) is 0 Å². The van der Waals surface area contributed by atoms with E-state index in [1.165, 1.54) is 71.2 Å². The lowest BCUT2D eigenvalue weighted by molar-refractivity contribution is 1.01. The molecule has 8 rings (SSSR count). The Morgan fingerprint density at radius 3 is 1.92 bits per heavy atom. The smallest absolute Gasteiger partial charge is 0.0547 e. The van der Waals surface area contributed by atoms with Crippen LogP contribution in [0.1, 0.15) is 0 Å². The summed E-state index contributed by atoms with van der Waals surface area (Å²) in [5.74, 6) is 0. The number of benzene rings is 6. The zero-order valence-electron chi connectivity index (χ0n) is 20.5. The van der Waals surface area contributed by atoms with Crippen LogP contribution in [0, 0.1) is 0 Å². The van der Waals surface area contributed by atoms with E-state index in [9.17, 15) is 0 Å². The van der Waals surface area contributed by atoms with Crippen molar-refractivity contribution >= 4 is 54.4 Å². The number of rotatable bonds is 2. The standard InChI is InChI=1S/C35H24N2/c1-36-32-14-8-7-13-28(32)29-17-15-26(21-34(29)36)25-16-18-33-30(20-25)31-19-23-9-5-6-10-24(23)22-35(31)37(33)27-11-3-2-4-12-27/h2-22H,1H3. The minimum atomic E-state index is 1.18. The Labute approximate surface area is 214 Å². The molecule has 0 radical (unpaired) electrons. The number of aromatic nitrogens is 2. The van der Waals surface area contributed by atoms with Crippen molar-refractivity contribution < 1.29 is 0 Å². The summed E-state index contributed by atoms with van der Waals surface area (Å²) < 4.78 is 4.70. The molecule has 0 unspecified atom stereocenters. The number of nitrogens with zero attached hydrogens (tertiary/aromatic N) is 2. The van der Waals surface area contributed by atoms with Crippen LogP contribution in [0.15, 0.2) is 127 Å². The molecule has 37 heavy (non-hydrogen) atoms. The topological polar surface area (TPSA) is 9.86 Å². The largest absolute Gasteiger partial charge is 0.344 e. The Kier molecular flexibility index (Phi) is 4.18. The van der Waals surface area contributed by atoms with Gasteiger partial charge in [-0.1, -0.05) is 78.9 Å². The molecule has 174 valence electrons. The Morgan fingerprint density at radius 1 is 0.405 bits per heavy atom. The van der Waals surface area contributed by atoms with Gasteiger partial charge in [-0.05, 0) is 70.4 Å². The fourth-order valence-corrected chi connectivity index (χ4v) is 6.08. The van der Waals surface area contributed by atoms with Gasteiger partial charge in [0, 0.05) is 45.3 Å². The molecule has 0 N–H and O–H groups in total. The van der Waals surface area contributed by atoms with E-state index in [2.05, 4.69) is 144 Å². The molecule has 0 saturated carbocycles. The van der Waals surface area contributed by atoms with Crippen molar-refractivity contribution in [3.8, 4) is 16.8 Å². The summed E-state index contributed by atoms with van der Waals surface area (Å²) in [5, 5.41) is 7.69. The lowest BCUT2D eigenvalue weighted by atomic mass is 10.0. The van der Waals surface area contributed by atoms with Crippen LogP contribution in [0.4, 0.5) is 0 Å². The molecule has 0 atom stereocenters. The lowest BCUT2D eigenvalue weighted by Crippen LogP contribution is -1.93. The van der Waals surface area contributed by atoms with Crippen molar-refractivity contribution in [2.45, 2.75) is 0 Å². The highest BCUT2D eigenvalue weighted by molar-refractivity contribution is 6.15. The monoisotopic (exact) mass is 472 g/mol. The molecule has 0 aliphatic rings. The molecule has 2 nitrogen and oxygen atoms in total. The van der Waals surface area contributed by atoms with E-state index in [4.69, 9.17) is 0 Å². The first-order valence-electron chi connectivity index (χ1n) is 12.8. The fourth-order valence-electron chi connectivity index (χ4n) is 6.08. The number of hydrogen-bond acceptors (Lipinski definition) is 0. The second-order valence-corrected chi connectivity index (χ2v) is 9.93. The van der Waals surface area contributed by atoms with Crippen LogP contribution in [0.2, 0.25) is 0 Å². The van der Waals surface area contributed by atoms with Crippen molar-refractivity contribution in [3.05, 3.63) is 127 Å². The van der Waals surface area contributed by atoms with E-state index in [1.54, 1.807) is 0 Å². The van der Waals surface area contributed by atoms with Gasteiger partial charge in [-0.2, -0.15) is 0 Å². The van der Waals surface area contributed by atoms with E-state index in [0.717, 1.165) is 0 Å². The summed E-state index contributed by atoms with van der Waals surface area (Å²) >= 11 is 0. The minimum Gasteiger partial charge on any atom is -0.344 e. The predicted molar refractivity (Wildman–Crippen MR) is 158 cm³/mol. The van der Waals surface area contributed by atoms with Crippen LogP contribution in [-0.2, 0) is 7.05 Å². The summed E-state index contributed by atoms with van der Waals surface area (Å²) in [7, 11) is 2.16.